The second-order valence-corrected chi connectivity index (χ2v) is 8.46. The number of nitrogens with zero attached hydrogens (tertiary/aromatic N) is 2. The van der Waals surface area contributed by atoms with Crippen LogP contribution in [0.5, 0.6) is 0 Å². The number of carbonyl (C=O) groups is 1. The van der Waals surface area contributed by atoms with E-state index >= 15 is 0 Å². The molecule has 0 unspecified atom stereocenters. The number of aromatic nitrogens is 1. The largest absolute Gasteiger partial charge is 0.385 e. The molecule has 0 spiro atoms. The lowest BCUT2D eigenvalue weighted by atomic mass is 9.83. The van der Waals surface area contributed by atoms with Gasteiger partial charge in [0.05, 0.1) is 17.6 Å². The van der Waals surface area contributed by atoms with Crippen molar-refractivity contribution >= 4 is 17.5 Å². The summed E-state index contributed by atoms with van der Waals surface area (Å²) in [6.07, 6.45) is 7.35. The Morgan fingerprint density at radius 2 is 1.64 bits per heavy atom. The molecule has 0 saturated carbocycles. The molecule has 28 heavy (non-hydrogen) atoms. The highest BCUT2D eigenvalue weighted by Crippen LogP contribution is 2.36. The molecule has 0 bridgehead atoms. The second kappa shape index (κ2) is 7.90. The van der Waals surface area contributed by atoms with Gasteiger partial charge >= 0.3 is 0 Å². The standard InChI is InChI=1S/C22H27ClN2O3/c23-19-5-3-18(4-6-19)22(27)7-13-24(14-8-22)20(26)17-21(9-15-28-16-10-21)25-11-1-2-12-25/h1-6,11-12,27H,7-10,13-17H2. The number of halogens is 1. The highest BCUT2D eigenvalue weighted by atomic mass is 35.5. The van der Waals surface area contributed by atoms with Crippen LogP contribution in [0.25, 0.3) is 0 Å². The molecule has 2 aliphatic heterocycles. The van der Waals surface area contributed by atoms with Gasteiger partial charge < -0.3 is 19.3 Å². The number of likely N-dealkylation sites (tertiary alicyclic amines) is 1. The van der Waals surface area contributed by atoms with E-state index < -0.39 is 5.60 Å². The number of amides is 1. The fraction of sp³-hybridized carbons (Fsp3) is 0.500. The molecule has 6 heteroatoms. The Kier molecular flexibility index (Phi) is 5.50. The summed E-state index contributed by atoms with van der Waals surface area (Å²) in [6, 6.07) is 11.4. The summed E-state index contributed by atoms with van der Waals surface area (Å²) in [6.45, 7) is 2.50. The Hall–Kier alpha value is -1.82. The van der Waals surface area contributed by atoms with Crippen LogP contribution in [0.15, 0.2) is 48.8 Å². The van der Waals surface area contributed by atoms with Crippen LogP contribution in [-0.4, -0.2) is 46.8 Å². The number of hydrogen-bond acceptors (Lipinski definition) is 3. The molecule has 0 aliphatic carbocycles. The van der Waals surface area contributed by atoms with Gasteiger partial charge in [-0.2, -0.15) is 0 Å². The highest BCUT2D eigenvalue weighted by Gasteiger charge is 2.40. The maximum atomic E-state index is 13.1. The van der Waals surface area contributed by atoms with Crippen LogP contribution < -0.4 is 0 Å². The smallest absolute Gasteiger partial charge is 0.224 e. The third-order valence-corrected chi connectivity index (χ3v) is 6.63. The van der Waals surface area contributed by atoms with Crippen molar-refractivity contribution in [3.63, 3.8) is 0 Å². The predicted molar refractivity (Wildman–Crippen MR) is 108 cm³/mol. The minimum absolute atomic E-state index is 0.161. The normalized spacial score (nSPS) is 21.4. The molecular weight excluding hydrogens is 376 g/mol. The summed E-state index contributed by atoms with van der Waals surface area (Å²) in [5.74, 6) is 0.161. The van der Waals surface area contributed by atoms with E-state index in [2.05, 4.69) is 4.57 Å². The van der Waals surface area contributed by atoms with Crippen LogP contribution in [0.1, 0.15) is 37.7 Å². The fourth-order valence-electron chi connectivity index (χ4n) is 4.50. The first-order chi connectivity index (χ1) is 13.5. The maximum absolute atomic E-state index is 13.1. The van der Waals surface area contributed by atoms with Crippen molar-refractivity contribution in [2.75, 3.05) is 26.3 Å². The van der Waals surface area contributed by atoms with Gasteiger partial charge in [-0.05, 0) is 55.5 Å². The van der Waals surface area contributed by atoms with E-state index in [9.17, 15) is 9.90 Å². The van der Waals surface area contributed by atoms with Gasteiger partial charge in [0.1, 0.15) is 0 Å². The molecule has 0 atom stereocenters. The Morgan fingerprint density at radius 1 is 1.04 bits per heavy atom. The average molecular weight is 403 g/mol. The van der Waals surface area contributed by atoms with Crippen molar-refractivity contribution in [3.05, 3.63) is 59.4 Å². The molecule has 1 N–H and O–H groups in total. The van der Waals surface area contributed by atoms with Crippen molar-refractivity contribution in [3.8, 4) is 0 Å². The monoisotopic (exact) mass is 402 g/mol. The molecule has 5 nitrogen and oxygen atoms in total. The summed E-state index contributed by atoms with van der Waals surface area (Å²) >= 11 is 5.96. The van der Waals surface area contributed by atoms with Gasteiger partial charge in [-0.15, -0.1) is 0 Å². The van der Waals surface area contributed by atoms with Crippen LogP contribution in [0.2, 0.25) is 5.02 Å². The maximum Gasteiger partial charge on any atom is 0.224 e. The van der Waals surface area contributed by atoms with Gasteiger partial charge in [-0.25, -0.2) is 0 Å². The summed E-state index contributed by atoms with van der Waals surface area (Å²) in [5.41, 5.74) is -0.224. The summed E-state index contributed by atoms with van der Waals surface area (Å²) in [7, 11) is 0. The zero-order chi connectivity index (χ0) is 19.6. The van der Waals surface area contributed by atoms with Crippen molar-refractivity contribution in [2.24, 2.45) is 0 Å². The molecule has 150 valence electrons. The van der Waals surface area contributed by atoms with Crippen LogP contribution in [0.3, 0.4) is 0 Å². The molecule has 2 saturated heterocycles. The molecule has 2 aliphatic rings. The first-order valence-corrected chi connectivity index (χ1v) is 10.4. The van der Waals surface area contributed by atoms with E-state index in [1.807, 2.05) is 41.6 Å². The van der Waals surface area contributed by atoms with Gasteiger partial charge in [0, 0.05) is 43.7 Å². The third-order valence-electron chi connectivity index (χ3n) is 6.38. The van der Waals surface area contributed by atoms with Crippen LogP contribution in [0.4, 0.5) is 0 Å². The molecular formula is C22H27ClN2O3. The number of ether oxygens (including phenoxy) is 1. The van der Waals surface area contributed by atoms with Gasteiger partial charge in [-0.3, -0.25) is 4.79 Å². The van der Waals surface area contributed by atoms with Crippen LogP contribution >= 0.6 is 11.6 Å². The van der Waals surface area contributed by atoms with E-state index in [-0.39, 0.29) is 11.4 Å². The lowest BCUT2D eigenvalue weighted by molar-refractivity contribution is -0.139. The molecule has 1 aromatic heterocycles. The quantitative estimate of drug-likeness (QED) is 0.850. The number of rotatable bonds is 4. The van der Waals surface area contributed by atoms with Gasteiger partial charge in [-0.1, -0.05) is 23.7 Å². The Bertz CT molecular complexity index is 790. The minimum atomic E-state index is -0.891. The number of hydrogen-bond donors (Lipinski definition) is 1. The van der Waals surface area contributed by atoms with Gasteiger partial charge in [0.15, 0.2) is 0 Å². The van der Waals surface area contributed by atoms with E-state index in [0.29, 0.717) is 50.6 Å². The number of carbonyl (C=O) groups excluding carboxylic acids is 1. The SMILES string of the molecule is O=C(CC1(n2cccc2)CCOCC1)N1CCC(O)(c2ccc(Cl)cc2)CC1. The highest BCUT2D eigenvalue weighted by molar-refractivity contribution is 6.30. The summed E-state index contributed by atoms with van der Waals surface area (Å²) in [4.78, 5) is 15.0. The van der Waals surface area contributed by atoms with Crippen molar-refractivity contribution in [2.45, 2.75) is 43.2 Å². The molecule has 4 rings (SSSR count). The Morgan fingerprint density at radius 3 is 2.25 bits per heavy atom. The van der Waals surface area contributed by atoms with E-state index in [1.54, 1.807) is 12.1 Å². The van der Waals surface area contributed by atoms with E-state index in [0.717, 1.165) is 18.4 Å². The zero-order valence-corrected chi connectivity index (χ0v) is 16.8. The molecule has 0 radical (unpaired) electrons. The van der Waals surface area contributed by atoms with E-state index in [4.69, 9.17) is 16.3 Å². The fourth-order valence-corrected chi connectivity index (χ4v) is 4.62. The van der Waals surface area contributed by atoms with E-state index in [1.165, 1.54) is 0 Å². The molecule has 2 fully saturated rings. The minimum Gasteiger partial charge on any atom is -0.385 e. The van der Waals surface area contributed by atoms with Crippen molar-refractivity contribution in [1.82, 2.24) is 9.47 Å². The van der Waals surface area contributed by atoms with Crippen molar-refractivity contribution < 1.29 is 14.6 Å². The molecule has 2 aromatic rings. The van der Waals surface area contributed by atoms with Crippen molar-refractivity contribution in [1.29, 1.82) is 0 Å². The van der Waals surface area contributed by atoms with Gasteiger partial charge in [0.2, 0.25) is 5.91 Å². The average Bonchev–Trinajstić information content (AvgIpc) is 3.25. The lowest BCUT2D eigenvalue weighted by Crippen LogP contribution is -2.49. The number of aliphatic hydroxyl groups is 1. The number of benzene rings is 1. The predicted octanol–water partition coefficient (Wildman–Crippen LogP) is 3.55. The Labute approximate surface area is 170 Å². The lowest BCUT2D eigenvalue weighted by Gasteiger charge is -2.42. The number of piperidine rings is 1. The first kappa shape index (κ1) is 19.5. The molecule has 1 amide bonds. The molecule has 3 heterocycles. The second-order valence-electron chi connectivity index (χ2n) is 8.02. The van der Waals surface area contributed by atoms with Gasteiger partial charge in [0.25, 0.3) is 0 Å². The molecule has 1 aromatic carbocycles. The summed E-state index contributed by atoms with van der Waals surface area (Å²) in [5, 5.41) is 11.7. The third kappa shape index (κ3) is 3.84. The topological polar surface area (TPSA) is 54.7 Å². The summed E-state index contributed by atoms with van der Waals surface area (Å²) < 4.78 is 7.74. The zero-order valence-electron chi connectivity index (χ0n) is 16.0. The van der Waals surface area contributed by atoms with Crippen LogP contribution in [-0.2, 0) is 20.7 Å². The first-order valence-electron chi connectivity index (χ1n) is 9.98. The van der Waals surface area contributed by atoms with Crippen LogP contribution in [0, 0.1) is 0 Å². The Balaban J connectivity index is 1.43.